The second-order valence-corrected chi connectivity index (χ2v) is 9.02. The van der Waals surface area contributed by atoms with Gasteiger partial charge in [-0.05, 0) is 48.9 Å². The highest BCUT2D eigenvalue weighted by molar-refractivity contribution is 9.10. The van der Waals surface area contributed by atoms with E-state index in [0.717, 1.165) is 42.6 Å². The maximum Gasteiger partial charge on any atom is 0.337 e. The molecule has 0 aliphatic heterocycles. The Labute approximate surface area is 198 Å². The molecule has 0 amide bonds. The lowest BCUT2D eigenvalue weighted by Gasteiger charge is -2.10. The summed E-state index contributed by atoms with van der Waals surface area (Å²) in [5.41, 5.74) is 6.74. The van der Waals surface area contributed by atoms with E-state index in [4.69, 9.17) is 9.84 Å². The molecule has 0 N–H and O–H groups in total. The summed E-state index contributed by atoms with van der Waals surface area (Å²) in [5, 5.41) is 4.97. The second-order valence-electron chi connectivity index (χ2n) is 7.19. The van der Waals surface area contributed by atoms with E-state index in [9.17, 15) is 4.79 Å². The van der Waals surface area contributed by atoms with Crippen LogP contribution < -0.4 is 0 Å². The number of methoxy groups -OCH3 is 1. The van der Waals surface area contributed by atoms with Gasteiger partial charge >= 0.3 is 5.97 Å². The molecule has 0 bridgehead atoms. The van der Waals surface area contributed by atoms with Crippen LogP contribution in [0.2, 0.25) is 0 Å². The number of carbonyl (C=O) groups is 1. The number of aromatic nitrogens is 2. The van der Waals surface area contributed by atoms with E-state index in [-0.39, 0.29) is 5.97 Å². The van der Waals surface area contributed by atoms with Gasteiger partial charge in [-0.3, -0.25) is 4.68 Å². The Morgan fingerprint density at radius 2 is 1.55 bits per heavy atom. The number of nitrogens with zero attached hydrogens (tertiary/aromatic N) is 2. The molecule has 1 heterocycles. The fourth-order valence-corrected chi connectivity index (χ4v) is 4.14. The minimum atomic E-state index is -0.345. The molecule has 0 aliphatic carbocycles. The molecule has 3 aromatic carbocycles. The third-order valence-electron chi connectivity index (χ3n) is 5.10. The molecule has 0 unspecified atom stereocenters. The van der Waals surface area contributed by atoms with Crippen molar-refractivity contribution in [2.75, 3.05) is 7.11 Å². The average Bonchev–Trinajstić information content (AvgIpc) is 3.10. The van der Waals surface area contributed by atoms with Crippen molar-refractivity contribution in [3.63, 3.8) is 0 Å². The van der Waals surface area contributed by atoms with E-state index in [2.05, 4.69) is 63.0 Å². The minimum absolute atomic E-state index is 0.345. The molecule has 0 saturated carbocycles. The molecular formula is C25H20Br2N2O2. The lowest BCUT2D eigenvalue weighted by atomic mass is 10.0. The fourth-order valence-electron chi connectivity index (χ4n) is 3.61. The Balaban J connectivity index is 1.82. The van der Waals surface area contributed by atoms with Crippen LogP contribution in [0.15, 0.2) is 81.7 Å². The molecule has 0 aliphatic rings. The quantitative estimate of drug-likeness (QED) is 0.259. The zero-order chi connectivity index (χ0) is 22.0. The van der Waals surface area contributed by atoms with Gasteiger partial charge in [-0.1, -0.05) is 68.3 Å². The predicted molar refractivity (Wildman–Crippen MR) is 130 cm³/mol. The molecule has 6 heteroatoms. The van der Waals surface area contributed by atoms with E-state index in [1.165, 1.54) is 7.11 Å². The highest BCUT2D eigenvalue weighted by Crippen LogP contribution is 2.33. The number of hydrogen-bond acceptors (Lipinski definition) is 3. The van der Waals surface area contributed by atoms with Crippen LogP contribution in [-0.4, -0.2) is 22.9 Å². The summed E-state index contributed by atoms with van der Waals surface area (Å²) in [6, 6.07) is 23.9. The molecule has 31 heavy (non-hydrogen) atoms. The van der Waals surface area contributed by atoms with Crippen LogP contribution in [0.5, 0.6) is 0 Å². The zero-order valence-electron chi connectivity index (χ0n) is 17.1. The van der Waals surface area contributed by atoms with Crippen molar-refractivity contribution in [2.45, 2.75) is 13.5 Å². The van der Waals surface area contributed by atoms with Crippen molar-refractivity contribution in [2.24, 2.45) is 0 Å². The highest BCUT2D eigenvalue weighted by atomic mass is 79.9. The van der Waals surface area contributed by atoms with Gasteiger partial charge in [-0.2, -0.15) is 5.10 Å². The van der Waals surface area contributed by atoms with Gasteiger partial charge in [0.05, 0.1) is 30.6 Å². The Kier molecular flexibility index (Phi) is 6.39. The van der Waals surface area contributed by atoms with Crippen LogP contribution in [-0.2, 0) is 11.3 Å². The molecular weight excluding hydrogens is 520 g/mol. The molecule has 4 rings (SSSR count). The number of hydrogen-bond donors (Lipinski definition) is 0. The number of benzene rings is 3. The first-order valence-corrected chi connectivity index (χ1v) is 11.3. The van der Waals surface area contributed by atoms with Crippen LogP contribution in [0.1, 0.15) is 21.5 Å². The molecule has 4 nitrogen and oxygen atoms in total. The van der Waals surface area contributed by atoms with Gasteiger partial charge in [0.1, 0.15) is 0 Å². The van der Waals surface area contributed by atoms with E-state index < -0.39 is 0 Å². The maximum atomic E-state index is 12.0. The van der Waals surface area contributed by atoms with Gasteiger partial charge < -0.3 is 4.74 Å². The van der Waals surface area contributed by atoms with Gasteiger partial charge in [-0.15, -0.1) is 0 Å². The van der Waals surface area contributed by atoms with Crippen molar-refractivity contribution in [3.05, 3.63) is 98.4 Å². The Bertz CT molecular complexity index is 1230. The summed E-state index contributed by atoms with van der Waals surface area (Å²) in [4.78, 5) is 12.0. The SMILES string of the molecule is COC(=O)c1cccc(Cn2nc(-c3ccc(Br)cc3)c(C)c2-c2ccc(Br)cc2)c1. The van der Waals surface area contributed by atoms with E-state index in [1.807, 2.05) is 47.1 Å². The standard InChI is InChI=1S/C25H20Br2N2O2/c1-16-23(18-6-10-21(26)11-7-18)28-29(24(16)19-8-12-22(27)13-9-19)15-17-4-3-5-20(14-17)25(30)31-2/h3-14H,15H2,1-2H3. The third kappa shape index (κ3) is 4.65. The lowest BCUT2D eigenvalue weighted by Crippen LogP contribution is -2.06. The number of carbonyl (C=O) groups excluding carboxylic acids is 1. The summed E-state index contributed by atoms with van der Waals surface area (Å²) < 4.78 is 8.93. The minimum Gasteiger partial charge on any atom is -0.465 e. The number of ether oxygens (including phenoxy) is 1. The first kappa shape index (κ1) is 21.5. The Morgan fingerprint density at radius 3 is 2.16 bits per heavy atom. The smallest absolute Gasteiger partial charge is 0.337 e. The molecule has 0 radical (unpaired) electrons. The number of esters is 1. The second kappa shape index (κ2) is 9.20. The van der Waals surface area contributed by atoms with Gasteiger partial charge in [0.2, 0.25) is 0 Å². The summed E-state index contributed by atoms with van der Waals surface area (Å²) in [6.45, 7) is 2.64. The summed E-state index contributed by atoms with van der Waals surface area (Å²) in [7, 11) is 1.39. The van der Waals surface area contributed by atoms with Gasteiger partial charge in [0.15, 0.2) is 0 Å². The first-order valence-electron chi connectivity index (χ1n) is 9.73. The van der Waals surface area contributed by atoms with Crippen LogP contribution >= 0.6 is 31.9 Å². The molecule has 0 saturated heterocycles. The average molecular weight is 540 g/mol. The lowest BCUT2D eigenvalue weighted by molar-refractivity contribution is 0.0600. The first-order chi connectivity index (χ1) is 15.0. The van der Waals surface area contributed by atoms with E-state index in [0.29, 0.717) is 12.1 Å². The molecule has 0 atom stereocenters. The summed E-state index contributed by atoms with van der Waals surface area (Å²) >= 11 is 7.02. The topological polar surface area (TPSA) is 44.1 Å². The molecule has 0 spiro atoms. The predicted octanol–water partition coefficient (Wildman–Crippen LogP) is 6.89. The third-order valence-corrected chi connectivity index (χ3v) is 6.16. The van der Waals surface area contributed by atoms with Crippen LogP contribution in [0, 0.1) is 6.92 Å². The summed E-state index contributed by atoms with van der Waals surface area (Å²) in [5.74, 6) is -0.345. The van der Waals surface area contributed by atoms with Crippen LogP contribution in [0.4, 0.5) is 0 Å². The maximum absolute atomic E-state index is 12.0. The van der Waals surface area contributed by atoms with Gasteiger partial charge in [0, 0.05) is 25.6 Å². The van der Waals surface area contributed by atoms with Crippen molar-refractivity contribution in [3.8, 4) is 22.5 Å². The van der Waals surface area contributed by atoms with Crippen molar-refractivity contribution in [1.82, 2.24) is 9.78 Å². The zero-order valence-corrected chi connectivity index (χ0v) is 20.3. The van der Waals surface area contributed by atoms with Gasteiger partial charge in [0.25, 0.3) is 0 Å². The normalized spacial score (nSPS) is 10.8. The van der Waals surface area contributed by atoms with E-state index in [1.54, 1.807) is 6.07 Å². The summed E-state index contributed by atoms with van der Waals surface area (Å²) in [6.07, 6.45) is 0. The van der Waals surface area contributed by atoms with E-state index >= 15 is 0 Å². The molecule has 4 aromatic rings. The van der Waals surface area contributed by atoms with Crippen LogP contribution in [0.3, 0.4) is 0 Å². The van der Waals surface area contributed by atoms with Crippen LogP contribution in [0.25, 0.3) is 22.5 Å². The van der Waals surface area contributed by atoms with Crippen molar-refractivity contribution < 1.29 is 9.53 Å². The Hall–Kier alpha value is -2.70. The Morgan fingerprint density at radius 1 is 0.935 bits per heavy atom. The molecule has 0 fully saturated rings. The molecule has 156 valence electrons. The largest absolute Gasteiger partial charge is 0.465 e. The number of rotatable bonds is 5. The van der Waals surface area contributed by atoms with Gasteiger partial charge in [-0.25, -0.2) is 4.79 Å². The molecule has 1 aromatic heterocycles. The highest BCUT2D eigenvalue weighted by Gasteiger charge is 2.18. The fraction of sp³-hybridized carbons (Fsp3) is 0.120. The number of halogens is 2. The monoisotopic (exact) mass is 538 g/mol. The van der Waals surface area contributed by atoms with Crippen molar-refractivity contribution in [1.29, 1.82) is 0 Å². The van der Waals surface area contributed by atoms with Crippen molar-refractivity contribution >= 4 is 37.8 Å².